The van der Waals surface area contributed by atoms with Crippen LogP contribution in [-0.2, 0) is 0 Å². The van der Waals surface area contributed by atoms with Crippen molar-refractivity contribution in [2.75, 3.05) is 13.2 Å². The number of nitrogens with one attached hydrogen (secondary N) is 1. The third kappa shape index (κ3) is 6.67. The van der Waals surface area contributed by atoms with Gasteiger partial charge in [-0.15, -0.1) is 12.4 Å². The van der Waals surface area contributed by atoms with E-state index in [4.69, 9.17) is 4.74 Å². The second-order valence-corrected chi connectivity index (χ2v) is 6.49. The summed E-state index contributed by atoms with van der Waals surface area (Å²) in [6.45, 7) is 6.49. The molecule has 0 saturated carbocycles. The van der Waals surface area contributed by atoms with Crippen molar-refractivity contribution in [1.82, 2.24) is 15.3 Å². The fourth-order valence-corrected chi connectivity index (χ4v) is 1.94. The quantitative estimate of drug-likeness (QED) is 0.820. The van der Waals surface area contributed by atoms with Gasteiger partial charge in [0.25, 0.3) is 0 Å². The van der Waals surface area contributed by atoms with Gasteiger partial charge in [0.1, 0.15) is 24.3 Å². The monoisotopic (exact) mass is 362 g/mol. The van der Waals surface area contributed by atoms with Crippen molar-refractivity contribution in [3.63, 3.8) is 0 Å². The van der Waals surface area contributed by atoms with Crippen LogP contribution in [0.5, 0.6) is 5.88 Å². The summed E-state index contributed by atoms with van der Waals surface area (Å²) in [5.74, 6) is 0.660. The molecule has 25 heavy (non-hydrogen) atoms. The lowest BCUT2D eigenvalue weighted by Gasteiger charge is -2.22. The van der Waals surface area contributed by atoms with Crippen LogP contribution in [0.3, 0.4) is 0 Å². The van der Waals surface area contributed by atoms with Gasteiger partial charge >= 0.3 is 0 Å². The summed E-state index contributed by atoms with van der Waals surface area (Å²) >= 11 is 0. The standard InChI is InChI=1S/C18H22N4O2.ClH/c1-18(2,3)21-11-15(23)12-24-17-14(9-19)10-20-16(22-17)13-7-5-4-6-8-13;/h4-8,10,15,21,23H,11-12H2,1-3H3;1H. The van der Waals surface area contributed by atoms with Crippen molar-refractivity contribution in [3.05, 3.63) is 42.1 Å². The molecule has 0 aliphatic heterocycles. The Hall–Kier alpha value is -2.20. The van der Waals surface area contributed by atoms with E-state index in [9.17, 15) is 10.4 Å². The molecule has 0 fully saturated rings. The first-order chi connectivity index (χ1) is 11.4. The van der Waals surface area contributed by atoms with E-state index in [2.05, 4.69) is 15.3 Å². The molecule has 1 atom stereocenters. The second kappa shape index (κ2) is 9.33. The van der Waals surface area contributed by atoms with Gasteiger partial charge in [-0.1, -0.05) is 30.3 Å². The summed E-state index contributed by atoms with van der Waals surface area (Å²) in [7, 11) is 0. The van der Waals surface area contributed by atoms with E-state index in [-0.39, 0.29) is 36.0 Å². The van der Waals surface area contributed by atoms with E-state index in [1.807, 2.05) is 57.2 Å². The predicted molar refractivity (Wildman–Crippen MR) is 98.7 cm³/mol. The lowest BCUT2D eigenvalue weighted by molar-refractivity contribution is 0.0976. The van der Waals surface area contributed by atoms with Crippen molar-refractivity contribution < 1.29 is 9.84 Å². The molecule has 134 valence electrons. The number of halogens is 1. The molecule has 0 aliphatic carbocycles. The number of nitrogens with zero attached hydrogens (tertiary/aromatic N) is 3. The molecule has 2 N–H and O–H groups in total. The molecule has 1 unspecified atom stereocenters. The Morgan fingerprint density at radius 3 is 2.56 bits per heavy atom. The first-order valence-corrected chi connectivity index (χ1v) is 7.77. The Labute approximate surface area is 154 Å². The Morgan fingerprint density at radius 1 is 1.28 bits per heavy atom. The molecule has 0 saturated heterocycles. The number of aliphatic hydroxyl groups is 1. The minimum Gasteiger partial charge on any atom is -0.474 e. The molecule has 0 radical (unpaired) electrons. The number of nitriles is 1. The van der Waals surface area contributed by atoms with Gasteiger partial charge in [0.05, 0.1) is 6.20 Å². The van der Waals surface area contributed by atoms with Gasteiger partial charge in [0, 0.05) is 17.6 Å². The van der Waals surface area contributed by atoms with Gasteiger partial charge in [-0.3, -0.25) is 0 Å². The van der Waals surface area contributed by atoms with Crippen LogP contribution in [0.4, 0.5) is 0 Å². The number of β-amino-alcohol motifs (C(OH)–C–C–N with tert-alkyl or cyclic N) is 1. The van der Waals surface area contributed by atoms with E-state index < -0.39 is 6.10 Å². The highest BCUT2D eigenvalue weighted by Crippen LogP contribution is 2.20. The number of hydrogen-bond acceptors (Lipinski definition) is 6. The highest BCUT2D eigenvalue weighted by Gasteiger charge is 2.15. The highest BCUT2D eigenvalue weighted by molar-refractivity contribution is 5.85. The fourth-order valence-electron chi connectivity index (χ4n) is 1.94. The van der Waals surface area contributed by atoms with Crippen molar-refractivity contribution >= 4 is 12.4 Å². The number of aliphatic hydroxyl groups excluding tert-OH is 1. The van der Waals surface area contributed by atoms with Crippen LogP contribution in [-0.4, -0.2) is 39.9 Å². The number of ether oxygens (including phenoxy) is 1. The first-order valence-electron chi connectivity index (χ1n) is 7.77. The molecule has 0 aliphatic rings. The van der Waals surface area contributed by atoms with Gasteiger partial charge < -0.3 is 15.2 Å². The highest BCUT2D eigenvalue weighted by atomic mass is 35.5. The van der Waals surface area contributed by atoms with Crippen molar-refractivity contribution in [1.29, 1.82) is 5.26 Å². The van der Waals surface area contributed by atoms with Crippen LogP contribution < -0.4 is 10.1 Å². The maximum atomic E-state index is 10.0. The molecule has 0 amide bonds. The summed E-state index contributed by atoms with van der Waals surface area (Å²) in [4.78, 5) is 8.49. The number of rotatable bonds is 6. The molecule has 2 aromatic rings. The molecule has 0 bridgehead atoms. The normalized spacial score (nSPS) is 12.0. The molecule has 1 aromatic heterocycles. The van der Waals surface area contributed by atoms with E-state index in [1.165, 1.54) is 6.20 Å². The van der Waals surface area contributed by atoms with E-state index in [0.717, 1.165) is 5.56 Å². The van der Waals surface area contributed by atoms with Crippen LogP contribution in [0.1, 0.15) is 26.3 Å². The van der Waals surface area contributed by atoms with E-state index in [0.29, 0.717) is 12.4 Å². The Balaban J connectivity index is 0.00000312. The zero-order valence-corrected chi connectivity index (χ0v) is 15.4. The van der Waals surface area contributed by atoms with E-state index >= 15 is 0 Å². The summed E-state index contributed by atoms with van der Waals surface area (Å²) < 4.78 is 5.55. The van der Waals surface area contributed by atoms with Gasteiger partial charge in [-0.2, -0.15) is 10.2 Å². The van der Waals surface area contributed by atoms with Crippen LogP contribution >= 0.6 is 12.4 Å². The smallest absolute Gasteiger partial charge is 0.235 e. The molecule has 1 heterocycles. The number of hydrogen-bond donors (Lipinski definition) is 2. The van der Waals surface area contributed by atoms with Gasteiger partial charge in [-0.25, -0.2) is 4.98 Å². The fraction of sp³-hybridized carbons (Fsp3) is 0.389. The van der Waals surface area contributed by atoms with Crippen molar-refractivity contribution in [2.45, 2.75) is 32.4 Å². The maximum Gasteiger partial charge on any atom is 0.235 e. The summed E-state index contributed by atoms with van der Waals surface area (Å²) in [6, 6.07) is 11.5. The average molecular weight is 363 g/mol. The predicted octanol–water partition coefficient (Wildman–Crippen LogP) is 2.56. The summed E-state index contributed by atoms with van der Waals surface area (Å²) in [5.41, 5.74) is 0.987. The number of aromatic nitrogens is 2. The number of benzene rings is 1. The minimum absolute atomic E-state index is 0. The summed E-state index contributed by atoms with van der Waals surface area (Å²) in [6.07, 6.45) is 0.732. The van der Waals surface area contributed by atoms with Crippen LogP contribution in [0.15, 0.2) is 36.5 Å². The van der Waals surface area contributed by atoms with Gasteiger partial charge in [0.15, 0.2) is 5.82 Å². The lowest BCUT2D eigenvalue weighted by Crippen LogP contribution is -2.42. The van der Waals surface area contributed by atoms with E-state index in [1.54, 1.807) is 0 Å². The zero-order chi connectivity index (χ0) is 17.6. The maximum absolute atomic E-state index is 10.0. The Morgan fingerprint density at radius 2 is 1.96 bits per heavy atom. The Kier molecular flexibility index (Phi) is 7.78. The molecular formula is C18H23ClN4O2. The molecular weight excluding hydrogens is 340 g/mol. The Bertz CT molecular complexity index is 711. The lowest BCUT2D eigenvalue weighted by atomic mass is 10.1. The molecule has 0 spiro atoms. The minimum atomic E-state index is -0.703. The first kappa shape index (κ1) is 20.8. The van der Waals surface area contributed by atoms with Crippen LogP contribution in [0.25, 0.3) is 11.4 Å². The third-order valence-electron chi connectivity index (χ3n) is 3.19. The second-order valence-electron chi connectivity index (χ2n) is 6.49. The van der Waals surface area contributed by atoms with Gasteiger partial charge in [-0.05, 0) is 20.8 Å². The zero-order valence-electron chi connectivity index (χ0n) is 14.6. The SMILES string of the molecule is CC(C)(C)NCC(O)COc1nc(-c2ccccc2)ncc1C#N.Cl. The van der Waals surface area contributed by atoms with Gasteiger partial charge in [0.2, 0.25) is 5.88 Å². The molecule has 2 rings (SSSR count). The summed E-state index contributed by atoms with van der Waals surface area (Å²) in [5, 5.41) is 22.4. The largest absolute Gasteiger partial charge is 0.474 e. The third-order valence-corrected chi connectivity index (χ3v) is 3.19. The molecule has 7 heteroatoms. The van der Waals surface area contributed by atoms with Crippen LogP contribution in [0, 0.1) is 11.3 Å². The average Bonchev–Trinajstić information content (AvgIpc) is 2.58. The molecule has 1 aromatic carbocycles. The topological polar surface area (TPSA) is 91.1 Å². The van der Waals surface area contributed by atoms with Crippen molar-refractivity contribution in [3.8, 4) is 23.3 Å². The molecule has 6 nitrogen and oxygen atoms in total. The van der Waals surface area contributed by atoms with Crippen LogP contribution in [0.2, 0.25) is 0 Å². The van der Waals surface area contributed by atoms with Crippen molar-refractivity contribution in [2.24, 2.45) is 0 Å².